The number of aromatic nitrogens is 3. The average molecular weight is 544 g/mol. The lowest BCUT2D eigenvalue weighted by Crippen LogP contribution is -2.31. The number of rotatable bonds is 8. The number of halogens is 2. The minimum atomic E-state index is -3.63. The van der Waals surface area contributed by atoms with Crippen LogP contribution in [0, 0.1) is 6.92 Å². The number of methoxy groups -OCH3 is 1. The van der Waals surface area contributed by atoms with Crippen molar-refractivity contribution < 1.29 is 22.8 Å². The SMILES string of the molecule is CCS(=O)(=O)Nc1cc(-n2nc(C)n(Cc3ccccc3N(OC)C(=O)OC)c2=O)c(Cl)cc1Cl. The summed E-state index contributed by atoms with van der Waals surface area (Å²) in [4.78, 5) is 30.6. The monoisotopic (exact) mass is 543 g/mol. The lowest BCUT2D eigenvalue weighted by Gasteiger charge is -2.21. The van der Waals surface area contributed by atoms with Gasteiger partial charge in [0.15, 0.2) is 0 Å². The number of carbonyl (C=O) groups excluding carboxylic acids is 1. The second kappa shape index (κ2) is 10.7. The molecule has 3 rings (SSSR count). The molecule has 0 aliphatic rings. The van der Waals surface area contributed by atoms with E-state index in [2.05, 4.69) is 9.82 Å². The molecule has 11 nitrogen and oxygen atoms in total. The van der Waals surface area contributed by atoms with Gasteiger partial charge in [0, 0.05) is 0 Å². The van der Waals surface area contributed by atoms with Gasteiger partial charge in [0.25, 0.3) is 0 Å². The van der Waals surface area contributed by atoms with Crippen molar-refractivity contribution >= 4 is 50.7 Å². The topological polar surface area (TPSA) is 125 Å². The third-order valence-corrected chi connectivity index (χ3v) is 6.93. The number of carbonyl (C=O) groups is 1. The van der Waals surface area contributed by atoms with Crippen molar-refractivity contribution in [3.63, 3.8) is 0 Å². The smallest absolute Gasteiger partial charge is 0.438 e. The predicted molar refractivity (Wildman–Crippen MR) is 133 cm³/mol. The van der Waals surface area contributed by atoms with Crippen molar-refractivity contribution in [3.05, 3.63) is 68.3 Å². The number of benzene rings is 2. The van der Waals surface area contributed by atoms with E-state index in [1.807, 2.05) is 0 Å². The number of nitrogens with zero attached hydrogens (tertiary/aromatic N) is 4. The van der Waals surface area contributed by atoms with E-state index in [4.69, 9.17) is 32.8 Å². The molecule has 1 aromatic heterocycles. The van der Waals surface area contributed by atoms with Gasteiger partial charge in [-0.25, -0.2) is 18.0 Å². The highest BCUT2D eigenvalue weighted by Crippen LogP contribution is 2.31. The van der Waals surface area contributed by atoms with Crippen molar-refractivity contribution in [3.8, 4) is 5.69 Å². The third kappa shape index (κ3) is 5.61. The first kappa shape index (κ1) is 26.5. The summed E-state index contributed by atoms with van der Waals surface area (Å²) in [6.45, 7) is 3.14. The number of ether oxygens (including phenoxy) is 1. The Balaban J connectivity index is 2.07. The molecular weight excluding hydrogens is 521 g/mol. The van der Waals surface area contributed by atoms with Crippen LogP contribution in [0.4, 0.5) is 16.2 Å². The maximum absolute atomic E-state index is 13.3. The number of hydrogen-bond acceptors (Lipinski definition) is 7. The highest BCUT2D eigenvalue weighted by atomic mass is 35.5. The number of nitrogens with one attached hydrogen (secondary N) is 1. The standard InChI is InChI=1S/C21H23Cl2N5O6S/c1-5-35(31,32)25-17-11-19(16(23)10-15(17)22)27-20(29)26(13(2)24-27)12-14-8-6-7-9-18(14)28(34-4)21(30)33-3/h6-11,25H,5,12H2,1-4H3. The van der Waals surface area contributed by atoms with E-state index in [0.29, 0.717) is 17.1 Å². The average Bonchev–Trinajstić information content (AvgIpc) is 3.10. The summed E-state index contributed by atoms with van der Waals surface area (Å²) in [5.41, 5.74) is 0.599. The van der Waals surface area contributed by atoms with Crippen LogP contribution in [0.15, 0.2) is 41.2 Å². The van der Waals surface area contributed by atoms with Crippen LogP contribution in [-0.4, -0.2) is 48.8 Å². The Hall–Kier alpha value is -3.06. The zero-order valence-corrected chi connectivity index (χ0v) is 21.6. The Labute approximate surface area is 211 Å². The molecule has 0 aliphatic carbocycles. The van der Waals surface area contributed by atoms with Gasteiger partial charge < -0.3 is 4.74 Å². The maximum atomic E-state index is 13.3. The summed E-state index contributed by atoms with van der Waals surface area (Å²) in [5.74, 6) is 0.173. The fourth-order valence-electron chi connectivity index (χ4n) is 3.22. The second-order valence-electron chi connectivity index (χ2n) is 7.19. The second-order valence-corrected chi connectivity index (χ2v) is 10.0. The van der Waals surface area contributed by atoms with Crippen LogP contribution in [0.5, 0.6) is 0 Å². The summed E-state index contributed by atoms with van der Waals surface area (Å²) in [6, 6.07) is 9.49. The third-order valence-electron chi connectivity index (χ3n) is 5.02. The zero-order chi connectivity index (χ0) is 25.9. The van der Waals surface area contributed by atoms with Crippen molar-refractivity contribution in [1.82, 2.24) is 14.3 Å². The number of amides is 1. The van der Waals surface area contributed by atoms with Crippen molar-refractivity contribution in [1.29, 1.82) is 0 Å². The zero-order valence-electron chi connectivity index (χ0n) is 19.3. The summed E-state index contributed by atoms with van der Waals surface area (Å²) in [7, 11) is -1.09. The van der Waals surface area contributed by atoms with Crippen LogP contribution >= 0.6 is 23.2 Å². The molecule has 1 amide bonds. The highest BCUT2D eigenvalue weighted by Gasteiger charge is 2.22. The predicted octanol–water partition coefficient (Wildman–Crippen LogP) is 3.59. The van der Waals surface area contributed by atoms with Gasteiger partial charge in [-0.3, -0.25) is 14.1 Å². The lowest BCUT2D eigenvalue weighted by molar-refractivity contribution is 0.115. The van der Waals surface area contributed by atoms with Crippen LogP contribution in [-0.2, 0) is 26.1 Å². The summed E-state index contributed by atoms with van der Waals surface area (Å²) < 4.78 is 33.6. The highest BCUT2D eigenvalue weighted by molar-refractivity contribution is 7.92. The number of sulfonamides is 1. The molecule has 0 unspecified atom stereocenters. The minimum absolute atomic E-state index is 0.0399. The molecular formula is C21H23Cl2N5O6S. The number of aryl methyl sites for hydroxylation is 1. The van der Waals surface area contributed by atoms with Gasteiger partial charge in [-0.2, -0.15) is 14.8 Å². The molecule has 0 aliphatic heterocycles. The van der Waals surface area contributed by atoms with Gasteiger partial charge in [0.2, 0.25) is 10.0 Å². The molecule has 0 saturated heterocycles. The van der Waals surface area contributed by atoms with Crippen molar-refractivity contribution in [2.75, 3.05) is 29.8 Å². The van der Waals surface area contributed by atoms with Crippen LogP contribution < -0.4 is 15.5 Å². The molecule has 0 bridgehead atoms. The molecule has 2 aromatic carbocycles. The van der Waals surface area contributed by atoms with E-state index in [1.165, 1.54) is 37.8 Å². The molecule has 0 spiro atoms. The van der Waals surface area contributed by atoms with Gasteiger partial charge in [-0.1, -0.05) is 41.4 Å². The lowest BCUT2D eigenvalue weighted by atomic mass is 10.1. The number of para-hydroxylation sites is 1. The van der Waals surface area contributed by atoms with Crippen molar-refractivity contribution in [2.24, 2.45) is 0 Å². The Bertz CT molecular complexity index is 1420. The summed E-state index contributed by atoms with van der Waals surface area (Å²) in [6.07, 6.45) is -0.741. The Kier molecular flexibility index (Phi) is 8.11. The molecule has 0 saturated carbocycles. The molecule has 188 valence electrons. The number of hydrogen-bond donors (Lipinski definition) is 1. The van der Waals surface area contributed by atoms with Crippen LogP contribution in [0.1, 0.15) is 18.3 Å². The quantitative estimate of drug-likeness (QED) is 0.430. The van der Waals surface area contributed by atoms with E-state index in [0.717, 1.165) is 9.75 Å². The maximum Gasteiger partial charge on any atom is 0.438 e. The first-order valence-corrected chi connectivity index (χ1v) is 12.6. The fraction of sp³-hybridized carbons (Fsp3) is 0.286. The van der Waals surface area contributed by atoms with Crippen LogP contribution in [0.25, 0.3) is 5.69 Å². The molecule has 0 fully saturated rings. The van der Waals surface area contributed by atoms with E-state index in [9.17, 15) is 18.0 Å². The van der Waals surface area contributed by atoms with Crippen LogP contribution in [0.2, 0.25) is 10.0 Å². The van der Waals surface area contributed by atoms with Gasteiger partial charge in [-0.15, -0.1) is 0 Å². The van der Waals surface area contributed by atoms with E-state index >= 15 is 0 Å². The summed E-state index contributed by atoms with van der Waals surface area (Å²) in [5, 5.41) is 5.42. The fourth-order valence-corrected chi connectivity index (χ4v) is 4.43. The normalized spacial score (nSPS) is 11.4. The van der Waals surface area contributed by atoms with E-state index in [1.54, 1.807) is 31.2 Å². The largest absolute Gasteiger partial charge is 0.451 e. The number of anilines is 2. The first-order valence-electron chi connectivity index (χ1n) is 10.2. The van der Waals surface area contributed by atoms with Crippen LogP contribution in [0.3, 0.4) is 0 Å². The number of hydroxylamine groups is 1. The Morgan fingerprint density at radius 2 is 1.86 bits per heavy atom. The molecule has 14 heteroatoms. The molecule has 35 heavy (non-hydrogen) atoms. The Morgan fingerprint density at radius 1 is 1.17 bits per heavy atom. The van der Waals surface area contributed by atoms with Gasteiger partial charge in [0.1, 0.15) is 5.82 Å². The van der Waals surface area contributed by atoms with Crippen molar-refractivity contribution in [2.45, 2.75) is 20.4 Å². The first-order chi connectivity index (χ1) is 16.5. The molecule has 1 N–H and O–H groups in total. The van der Waals surface area contributed by atoms with Gasteiger partial charge in [-0.05, 0) is 37.6 Å². The van der Waals surface area contributed by atoms with Gasteiger partial charge in [0.05, 0.1) is 53.6 Å². The van der Waals surface area contributed by atoms with Gasteiger partial charge >= 0.3 is 11.8 Å². The van der Waals surface area contributed by atoms with E-state index in [-0.39, 0.29) is 33.7 Å². The minimum Gasteiger partial charge on any atom is -0.451 e. The molecule has 1 heterocycles. The summed E-state index contributed by atoms with van der Waals surface area (Å²) >= 11 is 12.5. The van der Waals surface area contributed by atoms with E-state index < -0.39 is 21.8 Å². The molecule has 3 aromatic rings. The molecule has 0 atom stereocenters. The Morgan fingerprint density at radius 3 is 2.49 bits per heavy atom. The molecule has 0 radical (unpaired) electrons.